The van der Waals surface area contributed by atoms with E-state index in [0.29, 0.717) is 27.3 Å². The van der Waals surface area contributed by atoms with Gasteiger partial charge in [-0.2, -0.15) is 0 Å². The highest BCUT2D eigenvalue weighted by molar-refractivity contribution is 7.20. The van der Waals surface area contributed by atoms with Gasteiger partial charge in [-0.25, -0.2) is 14.6 Å². The van der Waals surface area contributed by atoms with E-state index in [9.17, 15) is 14.4 Å². The quantitative estimate of drug-likeness (QED) is 0.656. The number of carbonyl (C=O) groups is 2. The number of rotatable bonds is 6. The van der Waals surface area contributed by atoms with Crippen LogP contribution in [0.4, 0.5) is 0 Å². The molecule has 1 fully saturated rings. The lowest BCUT2D eigenvalue weighted by molar-refractivity contribution is -0.148. The van der Waals surface area contributed by atoms with Crippen molar-refractivity contribution in [2.75, 3.05) is 6.61 Å². The molecule has 0 bridgehead atoms. The Balaban J connectivity index is 1.86. The van der Waals surface area contributed by atoms with Gasteiger partial charge in [0, 0.05) is 0 Å². The van der Waals surface area contributed by atoms with E-state index in [1.165, 1.54) is 17.3 Å². The average molecular weight is 421 g/mol. The fourth-order valence-corrected chi connectivity index (χ4v) is 4.50. The molecule has 2 aromatic rings. The number of hydrogen-bond donors (Lipinski definition) is 0. The van der Waals surface area contributed by atoms with Crippen molar-refractivity contribution in [1.29, 1.82) is 0 Å². The molecule has 1 aliphatic carbocycles. The largest absolute Gasteiger partial charge is 0.464 e. The van der Waals surface area contributed by atoms with Gasteiger partial charge in [-0.1, -0.05) is 20.3 Å². The average Bonchev–Trinajstić information content (AvgIpc) is 3.04. The van der Waals surface area contributed by atoms with Crippen LogP contribution in [0.25, 0.3) is 10.2 Å². The molecule has 0 radical (unpaired) electrons. The van der Waals surface area contributed by atoms with Crippen molar-refractivity contribution in [2.24, 2.45) is 5.92 Å². The minimum atomic E-state index is -0.796. The van der Waals surface area contributed by atoms with Crippen molar-refractivity contribution in [3.63, 3.8) is 0 Å². The Morgan fingerprint density at radius 3 is 2.59 bits per heavy atom. The fourth-order valence-electron chi connectivity index (χ4n) is 3.48. The van der Waals surface area contributed by atoms with Crippen LogP contribution in [0.3, 0.4) is 0 Å². The number of fused-ring (bicyclic) bond motifs is 1. The predicted octanol–water partition coefficient (Wildman–Crippen LogP) is 4.02. The van der Waals surface area contributed by atoms with Gasteiger partial charge < -0.3 is 9.47 Å². The highest BCUT2D eigenvalue weighted by Crippen LogP contribution is 2.29. The first-order valence-corrected chi connectivity index (χ1v) is 11.0. The maximum atomic E-state index is 13.0. The molecule has 0 aromatic carbocycles. The number of aryl methyl sites for hydroxylation is 1. The minimum absolute atomic E-state index is 0.0544. The topological polar surface area (TPSA) is 87.5 Å². The zero-order chi connectivity index (χ0) is 21.1. The van der Waals surface area contributed by atoms with Crippen LogP contribution in [0.1, 0.15) is 74.2 Å². The molecule has 7 nitrogen and oxygen atoms in total. The Bertz CT molecular complexity index is 956. The third-order valence-corrected chi connectivity index (χ3v) is 6.38. The zero-order valence-electron chi connectivity index (χ0n) is 17.4. The predicted molar refractivity (Wildman–Crippen MR) is 111 cm³/mol. The molecule has 29 heavy (non-hydrogen) atoms. The summed E-state index contributed by atoms with van der Waals surface area (Å²) < 4.78 is 12.2. The molecular weight excluding hydrogens is 392 g/mol. The summed E-state index contributed by atoms with van der Waals surface area (Å²) in [6, 6.07) is -0.796. The standard InChI is InChI=1S/C21H28N2O5S/c1-12(2)10-27-20(25)14(4)23-11-22-18-16(19(23)24)13(3)17(29-18)21(26)28-15-8-6-5-7-9-15/h11-12,14-15H,5-10H2,1-4H3. The molecule has 1 saturated carbocycles. The summed E-state index contributed by atoms with van der Waals surface area (Å²) in [5.41, 5.74) is 0.204. The van der Waals surface area contributed by atoms with E-state index in [0.717, 1.165) is 37.0 Å². The van der Waals surface area contributed by atoms with Gasteiger partial charge in [0.05, 0.1) is 18.3 Å². The van der Waals surface area contributed by atoms with Gasteiger partial charge in [-0.3, -0.25) is 9.36 Å². The second-order valence-corrected chi connectivity index (χ2v) is 9.06. The number of thiophene rings is 1. The maximum Gasteiger partial charge on any atom is 0.348 e. The van der Waals surface area contributed by atoms with Crippen LogP contribution in [-0.4, -0.2) is 34.2 Å². The van der Waals surface area contributed by atoms with Crippen molar-refractivity contribution in [1.82, 2.24) is 9.55 Å². The smallest absolute Gasteiger partial charge is 0.348 e. The summed E-state index contributed by atoms with van der Waals surface area (Å²) in [4.78, 5) is 43.2. The Labute approximate surface area is 174 Å². The lowest BCUT2D eigenvalue weighted by atomic mass is 9.98. The van der Waals surface area contributed by atoms with Crippen LogP contribution in [-0.2, 0) is 14.3 Å². The van der Waals surface area contributed by atoms with E-state index in [4.69, 9.17) is 9.47 Å². The normalized spacial score (nSPS) is 16.2. The summed E-state index contributed by atoms with van der Waals surface area (Å²) in [6.45, 7) is 7.52. The van der Waals surface area contributed by atoms with E-state index < -0.39 is 18.0 Å². The lowest BCUT2D eigenvalue weighted by Crippen LogP contribution is -2.30. The van der Waals surface area contributed by atoms with Crippen molar-refractivity contribution >= 4 is 33.5 Å². The van der Waals surface area contributed by atoms with Gasteiger partial charge in [0.1, 0.15) is 21.9 Å². The minimum Gasteiger partial charge on any atom is -0.464 e. The molecule has 1 aliphatic rings. The number of carbonyl (C=O) groups excluding carboxylic acids is 2. The molecule has 3 rings (SSSR count). The molecule has 1 atom stereocenters. The lowest BCUT2D eigenvalue weighted by Gasteiger charge is -2.21. The Hall–Kier alpha value is -2.22. The number of nitrogens with zero attached hydrogens (tertiary/aromatic N) is 2. The van der Waals surface area contributed by atoms with E-state index in [1.54, 1.807) is 13.8 Å². The molecule has 2 heterocycles. The maximum absolute atomic E-state index is 13.0. The number of aromatic nitrogens is 2. The van der Waals surface area contributed by atoms with E-state index >= 15 is 0 Å². The molecule has 0 aliphatic heterocycles. The molecule has 0 saturated heterocycles. The summed E-state index contributed by atoms with van der Waals surface area (Å²) in [5, 5.41) is 0.358. The molecule has 8 heteroatoms. The van der Waals surface area contributed by atoms with Gasteiger partial charge >= 0.3 is 11.9 Å². The summed E-state index contributed by atoms with van der Waals surface area (Å²) in [6.07, 6.45) is 6.38. The highest BCUT2D eigenvalue weighted by Gasteiger charge is 2.26. The van der Waals surface area contributed by atoms with E-state index in [2.05, 4.69) is 4.98 Å². The van der Waals surface area contributed by atoms with Crippen molar-refractivity contribution in [3.8, 4) is 0 Å². The number of esters is 2. The molecule has 1 unspecified atom stereocenters. The molecule has 0 amide bonds. The third kappa shape index (κ3) is 4.69. The Kier molecular flexibility index (Phi) is 6.72. The van der Waals surface area contributed by atoms with Crippen LogP contribution in [0.5, 0.6) is 0 Å². The van der Waals surface area contributed by atoms with Crippen molar-refractivity contribution in [3.05, 3.63) is 27.1 Å². The van der Waals surface area contributed by atoms with Crippen molar-refractivity contribution in [2.45, 2.75) is 71.9 Å². The van der Waals surface area contributed by atoms with Crippen LogP contribution >= 0.6 is 11.3 Å². The zero-order valence-corrected chi connectivity index (χ0v) is 18.2. The highest BCUT2D eigenvalue weighted by atomic mass is 32.1. The first kappa shape index (κ1) is 21.5. The SMILES string of the molecule is Cc1c(C(=O)OC2CCCCC2)sc2ncn(C(C)C(=O)OCC(C)C)c(=O)c12. The second-order valence-electron chi connectivity index (χ2n) is 8.06. The van der Waals surface area contributed by atoms with Crippen LogP contribution in [0.2, 0.25) is 0 Å². The Morgan fingerprint density at radius 2 is 1.93 bits per heavy atom. The van der Waals surface area contributed by atoms with Gasteiger partial charge in [0.2, 0.25) is 0 Å². The van der Waals surface area contributed by atoms with Gasteiger partial charge in [-0.05, 0) is 51.0 Å². The third-order valence-electron chi connectivity index (χ3n) is 5.20. The van der Waals surface area contributed by atoms with Crippen molar-refractivity contribution < 1.29 is 19.1 Å². The monoisotopic (exact) mass is 420 g/mol. The van der Waals surface area contributed by atoms with Crippen LogP contribution < -0.4 is 5.56 Å². The Morgan fingerprint density at radius 1 is 1.24 bits per heavy atom. The first-order valence-electron chi connectivity index (χ1n) is 10.2. The summed E-state index contributed by atoms with van der Waals surface area (Å²) in [7, 11) is 0. The van der Waals surface area contributed by atoms with E-state index in [-0.39, 0.29) is 17.6 Å². The van der Waals surface area contributed by atoms with Gasteiger partial charge in [0.15, 0.2) is 0 Å². The molecule has 0 N–H and O–H groups in total. The summed E-state index contributed by atoms with van der Waals surface area (Å²) in [5.74, 6) is -0.667. The molecule has 158 valence electrons. The van der Waals surface area contributed by atoms with Gasteiger partial charge in [0.25, 0.3) is 5.56 Å². The molecule has 0 spiro atoms. The van der Waals surface area contributed by atoms with Crippen LogP contribution in [0, 0.1) is 12.8 Å². The van der Waals surface area contributed by atoms with E-state index in [1.807, 2.05) is 13.8 Å². The van der Waals surface area contributed by atoms with Gasteiger partial charge in [-0.15, -0.1) is 11.3 Å². The second kappa shape index (κ2) is 9.07. The number of ether oxygens (including phenoxy) is 2. The van der Waals surface area contributed by atoms with Crippen LogP contribution in [0.15, 0.2) is 11.1 Å². The molecular formula is C21H28N2O5S. The summed E-state index contributed by atoms with van der Waals surface area (Å²) >= 11 is 1.16. The first-order chi connectivity index (χ1) is 13.8. The fraction of sp³-hybridized carbons (Fsp3) is 0.619. The molecule has 2 aromatic heterocycles. The number of hydrogen-bond acceptors (Lipinski definition) is 7.